The second kappa shape index (κ2) is 1.52. The molecule has 0 N–H and O–H groups in total. The van der Waals surface area contributed by atoms with E-state index < -0.39 is 0 Å². The zero-order chi connectivity index (χ0) is 5.40. The van der Waals surface area contributed by atoms with Gasteiger partial charge in [0.25, 0.3) is 0 Å². The van der Waals surface area contributed by atoms with Crippen LogP contribution in [0.1, 0.15) is 6.42 Å². The average molecular weight is 126 g/mol. The van der Waals surface area contributed by atoms with Gasteiger partial charge in [-0.05, 0) is 11.9 Å². The van der Waals surface area contributed by atoms with E-state index in [1.807, 2.05) is 0 Å². The Bertz CT molecular complexity index is 162. The van der Waals surface area contributed by atoms with E-state index in [9.17, 15) is 0 Å². The maximum absolute atomic E-state index is 4.24. The first-order chi connectivity index (χ1) is 3.97. The van der Waals surface area contributed by atoms with Crippen molar-refractivity contribution >= 4 is 17.8 Å². The quantitative estimate of drug-likeness (QED) is 0.453. The van der Waals surface area contributed by atoms with Crippen LogP contribution in [0.3, 0.4) is 0 Å². The number of hydrogen-bond donors (Lipinski definition) is 0. The van der Waals surface area contributed by atoms with E-state index >= 15 is 0 Å². The molecule has 0 fully saturated rings. The SMILES string of the molecule is C1=CN2SCN=C2C1. The lowest BCUT2D eigenvalue weighted by Crippen LogP contribution is -2.06. The molecule has 0 aromatic rings. The lowest BCUT2D eigenvalue weighted by atomic mass is 10.4. The maximum atomic E-state index is 4.24. The second-order valence-electron chi connectivity index (χ2n) is 1.75. The number of rotatable bonds is 0. The van der Waals surface area contributed by atoms with Gasteiger partial charge < -0.3 is 0 Å². The van der Waals surface area contributed by atoms with Crippen molar-refractivity contribution in [3.63, 3.8) is 0 Å². The molecule has 0 spiro atoms. The Hall–Kier alpha value is -0.440. The molecule has 0 aromatic heterocycles. The molecule has 2 rings (SSSR count). The summed E-state index contributed by atoms with van der Waals surface area (Å²) in [6.07, 6.45) is 5.24. The first-order valence-corrected chi connectivity index (χ1v) is 3.53. The first kappa shape index (κ1) is 4.44. The molecule has 2 nitrogen and oxygen atoms in total. The minimum atomic E-state index is 0.916. The van der Waals surface area contributed by atoms with Crippen molar-refractivity contribution in [3.05, 3.63) is 12.3 Å². The van der Waals surface area contributed by atoms with Gasteiger partial charge >= 0.3 is 0 Å². The summed E-state index contributed by atoms with van der Waals surface area (Å²) in [7, 11) is 0. The topological polar surface area (TPSA) is 15.6 Å². The minimum Gasteiger partial charge on any atom is -0.278 e. The van der Waals surface area contributed by atoms with Gasteiger partial charge in [0.15, 0.2) is 0 Å². The van der Waals surface area contributed by atoms with Crippen molar-refractivity contribution < 1.29 is 0 Å². The Morgan fingerprint density at radius 2 is 2.75 bits per heavy atom. The van der Waals surface area contributed by atoms with Crippen molar-refractivity contribution in [2.24, 2.45) is 4.99 Å². The van der Waals surface area contributed by atoms with E-state index in [1.54, 1.807) is 11.9 Å². The summed E-state index contributed by atoms with van der Waals surface area (Å²) in [6.45, 7) is 0. The molecule has 0 radical (unpaired) electrons. The van der Waals surface area contributed by atoms with E-state index in [-0.39, 0.29) is 0 Å². The predicted octanol–water partition coefficient (Wildman–Crippen LogP) is 1.22. The van der Waals surface area contributed by atoms with Crippen LogP contribution in [-0.4, -0.2) is 16.0 Å². The van der Waals surface area contributed by atoms with E-state index in [0.717, 1.165) is 12.3 Å². The van der Waals surface area contributed by atoms with Crippen LogP contribution in [0.5, 0.6) is 0 Å². The zero-order valence-corrected chi connectivity index (χ0v) is 5.19. The highest BCUT2D eigenvalue weighted by atomic mass is 32.2. The molecule has 8 heavy (non-hydrogen) atoms. The van der Waals surface area contributed by atoms with Crippen LogP contribution in [0.4, 0.5) is 0 Å². The van der Waals surface area contributed by atoms with Crippen molar-refractivity contribution in [2.75, 3.05) is 5.88 Å². The minimum absolute atomic E-state index is 0.916. The fourth-order valence-electron chi connectivity index (χ4n) is 0.847. The van der Waals surface area contributed by atoms with Gasteiger partial charge in [-0.15, -0.1) is 0 Å². The Labute approximate surface area is 52.4 Å². The van der Waals surface area contributed by atoms with Crippen LogP contribution < -0.4 is 0 Å². The highest BCUT2D eigenvalue weighted by Crippen LogP contribution is 2.24. The number of aliphatic imine (C=N–C) groups is 1. The largest absolute Gasteiger partial charge is 0.278 e. The van der Waals surface area contributed by atoms with Crippen molar-refractivity contribution in [2.45, 2.75) is 6.42 Å². The van der Waals surface area contributed by atoms with Crippen LogP contribution >= 0.6 is 11.9 Å². The van der Waals surface area contributed by atoms with Crippen LogP contribution in [0, 0.1) is 0 Å². The normalized spacial score (nSPS) is 24.0. The van der Waals surface area contributed by atoms with Crippen molar-refractivity contribution in [1.29, 1.82) is 0 Å². The Morgan fingerprint density at radius 3 is 3.62 bits per heavy atom. The fourth-order valence-corrected chi connectivity index (χ4v) is 1.63. The standard InChI is InChI=1S/C5H6N2S/c1-2-5-6-4-8-7(5)3-1/h1,3H,2,4H2. The number of fused-ring (bicyclic) bond motifs is 1. The average Bonchev–Trinajstić information content (AvgIpc) is 2.15. The van der Waals surface area contributed by atoms with Crippen LogP contribution in [-0.2, 0) is 0 Å². The Balaban J connectivity index is 2.28. The van der Waals surface area contributed by atoms with Gasteiger partial charge in [0.05, 0.1) is 0 Å². The van der Waals surface area contributed by atoms with Gasteiger partial charge in [-0.25, -0.2) is 0 Å². The molecule has 2 aliphatic heterocycles. The summed E-state index contributed by atoms with van der Waals surface area (Å²) in [4.78, 5) is 4.24. The monoisotopic (exact) mass is 126 g/mol. The number of amidine groups is 1. The molecular weight excluding hydrogens is 120 g/mol. The van der Waals surface area contributed by atoms with Crippen molar-refractivity contribution in [3.8, 4) is 0 Å². The van der Waals surface area contributed by atoms with Crippen LogP contribution in [0.2, 0.25) is 0 Å². The van der Waals surface area contributed by atoms with Gasteiger partial charge in [-0.3, -0.25) is 9.30 Å². The van der Waals surface area contributed by atoms with E-state index in [0.29, 0.717) is 0 Å². The molecule has 3 heteroatoms. The third kappa shape index (κ3) is 0.478. The molecular formula is C5H6N2S. The lowest BCUT2D eigenvalue weighted by Gasteiger charge is -2.03. The molecule has 0 aromatic carbocycles. The highest BCUT2D eigenvalue weighted by molar-refractivity contribution is 7.97. The summed E-state index contributed by atoms with van der Waals surface area (Å²) < 4.78 is 2.12. The highest BCUT2D eigenvalue weighted by Gasteiger charge is 2.17. The second-order valence-corrected chi connectivity index (χ2v) is 2.66. The first-order valence-electron chi connectivity index (χ1n) is 2.59. The Kier molecular flexibility index (Phi) is 0.842. The third-order valence-corrected chi connectivity index (χ3v) is 2.09. The molecule has 42 valence electrons. The molecule has 0 bridgehead atoms. The molecule has 0 aliphatic carbocycles. The van der Waals surface area contributed by atoms with Crippen LogP contribution in [0.25, 0.3) is 0 Å². The van der Waals surface area contributed by atoms with Gasteiger partial charge in [-0.1, -0.05) is 6.08 Å². The smallest absolute Gasteiger partial charge is 0.118 e. The molecule has 2 aliphatic rings. The van der Waals surface area contributed by atoms with Gasteiger partial charge in [-0.2, -0.15) is 0 Å². The molecule has 2 heterocycles. The lowest BCUT2D eigenvalue weighted by molar-refractivity contribution is 0.966. The number of nitrogens with zero attached hydrogens (tertiary/aromatic N) is 2. The maximum Gasteiger partial charge on any atom is 0.118 e. The molecule has 0 saturated heterocycles. The van der Waals surface area contributed by atoms with Crippen LogP contribution in [0.15, 0.2) is 17.3 Å². The Morgan fingerprint density at radius 1 is 1.75 bits per heavy atom. The third-order valence-electron chi connectivity index (χ3n) is 1.24. The zero-order valence-electron chi connectivity index (χ0n) is 4.37. The molecule has 0 amide bonds. The van der Waals surface area contributed by atoms with Gasteiger partial charge in [0, 0.05) is 12.6 Å². The summed E-state index contributed by atoms with van der Waals surface area (Å²) in [5.74, 6) is 2.13. The van der Waals surface area contributed by atoms with E-state index in [4.69, 9.17) is 0 Å². The van der Waals surface area contributed by atoms with E-state index in [1.165, 1.54) is 5.84 Å². The fraction of sp³-hybridized carbons (Fsp3) is 0.400. The van der Waals surface area contributed by atoms with Crippen molar-refractivity contribution in [1.82, 2.24) is 4.31 Å². The molecule has 0 saturated carbocycles. The van der Waals surface area contributed by atoms with E-state index in [2.05, 4.69) is 21.6 Å². The summed E-state index contributed by atoms with van der Waals surface area (Å²) >= 11 is 1.76. The predicted molar refractivity (Wildman–Crippen MR) is 35.5 cm³/mol. The molecule has 0 atom stereocenters. The summed E-state index contributed by atoms with van der Waals surface area (Å²) in [5.41, 5.74) is 0. The van der Waals surface area contributed by atoms with Gasteiger partial charge in [0.2, 0.25) is 0 Å². The van der Waals surface area contributed by atoms with Gasteiger partial charge in [0.1, 0.15) is 11.7 Å². The summed E-state index contributed by atoms with van der Waals surface area (Å²) in [5, 5.41) is 0. The molecule has 0 unspecified atom stereocenters. The summed E-state index contributed by atoms with van der Waals surface area (Å²) in [6, 6.07) is 0. The number of hydrogen-bond acceptors (Lipinski definition) is 3.